The molecule has 0 bridgehead atoms. The Morgan fingerprint density at radius 3 is 2.41 bits per heavy atom. The van der Waals surface area contributed by atoms with Crippen molar-refractivity contribution in [1.29, 1.82) is 0 Å². The van der Waals surface area contributed by atoms with E-state index in [2.05, 4.69) is 17.4 Å². The number of ether oxygens (including phenoxy) is 2. The topological polar surface area (TPSA) is 50.8 Å². The number of carbonyl (C=O) groups excluding carboxylic acids is 1. The Hall–Kier alpha value is -2.53. The summed E-state index contributed by atoms with van der Waals surface area (Å²) in [6.07, 6.45) is 1.91. The van der Waals surface area contributed by atoms with Crippen molar-refractivity contribution in [3.05, 3.63) is 59.2 Å². The van der Waals surface area contributed by atoms with E-state index in [-0.39, 0.29) is 5.91 Å². The predicted octanol–water partition coefficient (Wildman–Crippen LogP) is 3.19. The number of aryl methyl sites for hydroxylation is 2. The summed E-state index contributed by atoms with van der Waals surface area (Å²) in [6.45, 7) is 3.76. The van der Waals surface area contributed by atoms with Crippen LogP contribution in [0.25, 0.3) is 0 Å². The average Bonchev–Trinajstić information content (AvgIpc) is 2.67. The molecule has 5 heteroatoms. The molecule has 2 aromatic rings. The fraction of sp³-hybridized carbons (Fsp3) is 0.409. The van der Waals surface area contributed by atoms with Crippen LogP contribution in [-0.2, 0) is 17.8 Å². The van der Waals surface area contributed by atoms with Gasteiger partial charge in [0.15, 0.2) is 11.5 Å². The van der Waals surface area contributed by atoms with Crippen LogP contribution in [0.1, 0.15) is 23.1 Å². The Balaban J connectivity index is 1.77. The van der Waals surface area contributed by atoms with Crippen LogP contribution in [0.15, 0.2) is 42.5 Å². The summed E-state index contributed by atoms with van der Waals surface area (Å²) in [5.41, 5.74) is 3.53. The molecule has 0 atom stereocenters. The number of hydrogen-bond acceptors (Lipinski definition) is 4. The van der Waals surface area contributed by atoms with Gasteiger partial charge in [0, 0.05) is 13.1 Å². The van der Waals surface area contributed by atoms with E-state index in [1.165, 1.54) is 5.56 Å². The van der Waals surface area contributed by atoms with Crippen molar-refractivity contribution < 1.29 is 14.3 Å². The largest absolute Gasteiger partial charge is 0.493 e. The summed E-state index contributed by atoms with van der Waals surface area (Å²) in [4.78, 5) is 14.2. The lowest BCUT2D eigenvalue weighted by Crippen LogP contribution is -2.35. The van der Waals surface area contributed by atoms with Gasteiger partial charge in [0.25, 0.3) is 0 Å². The van der Waals surface area contributed by atoms with Crippen molar-refractivity contribution in [1.82, 2.24) is 10.2 Å². The van der Waals surface area contributed by atoms with Crippen LogP contribution in [0.5, 0.6) is 11.5 Å². The zero-order chi connectivity index (χ0) is 19.6. The van der Waals surface area contributed by atoms with Gasteiger partial charge in [-0.2, -0.15) is 0 Å². The first-order valence-electron chi connectivity index (χ1n) is 9.24. The highest BCUT2D eigenvalue weighted by Gasteiger charge is 2.12. The highest BCUT2D eigenvalue weighted by molar-refractivity contribution is 5.77. The van der Waals surface area contributed by atoms with Crippen LogP contribution in [0.3, 0.4) is 0 Å². The van der Waals surface area contributed by atoms with Crippen LogP contribution in [0, 0.1) is 6.92 Å². The third-order valence-electron chi connectivity index (χ3n) is 4.50. The number of methoxy groups -OCH3 is 2. The van der Waals surface area contributed by atoms with Crippen LogP contribution in [0.2, 0.25) is 0 Å². The Labute approximate surface area is 162 Å². The van der Waals surface area contributed by atoms with E-state index in [1.807, 2.05) is 49.2 Å². The monoisotopic (exact) mass is 370 g/mol. The lowest BCUT2D eigenvalue weighted by molar-refractivity contribution is -0.122. The standard InChI is InChI=1S/C22H30N2O3/c1-17-13-20(26-3)21(27-4)14-19(17)15-24(2)16-22(25)23-12-8-11-18-9-6-5-7-10-18/h5-7,9-10,13-14H,8,11-12,15-16H2,1-4H3,(H,23,25). The second kappa shape index (κ2) is 10.6. The highest BCUT2D eigenvalue weighted by Crippen LogP contribution is 2.30. The van der Waals surface area contributed by atoms with Crippen molar-refractivity contribution in [2.24, 2.45) is 0 Å². The zero-order valence-electron chi connectivity index (χ0n) is 16.7. The van der Waals surface area contributed by atoms with Gasteiger partial charge >= 0.3 is 0 Å². The first-order chi connectivity index (χ1) is 13.0. The molecule has 0 aliphatic heterocycles. The van der Waals surface area contributed by atoms with Gasteiger partial charge in [-0.25, -0.2) is 0 Å². The molecule has 0 radical (unpaired) electrons. The minimum absolute atomic E-state index is 0.0451. The van der Waals surface area contributed by atoms with Crippen LogP contribution >= 0.6 is 0 Å². The average molecular weight is 370 g/mol. The smallest absolute Gasteiger partial charge is 0.234 e. The first kappa shape index (κ1) is 20.8. The number of amides is 1. The Morgan fingerprint density at radius 2 is 1.74 bits per heavy atom. The van der Waals surface area contributed by atoms with Gasteiger partial charge in [0.05, 0.1) is 20.8 Å². The lowest BCUT2D eigenvalue weighted by Gasteiger charge is -2.19. The van der Waals surface area contributed by atoms with Gasteiger partial charge in [-0.15, -0.1) is 0 Å². The van der Waals surface area contributed by atoms with E-state index in [1.54, 1.807) is 14.2 Å². The second-order valence-corrected chi connectivity index (χ2v) is 6.75. The van der Waals surface area contributed by atoms with Gasteiger partial charge in [-0.05, 0) is 55.6 Å². The predicted molar refractivity (Wildman–Crippen MR) is 108 cm³/mol. The number of hydrogen-bond donors (Lipinski definition) is 1. The van der Waals surface area contributed by atoms with E-state index in [0.29, 0.717) is 25.4 Å². The molecule has 2 aromatic carbocycles. The Bertz CT molecular complexity index is 732. The molecule has 146 valence electrons. The van der Waals surface area contributed by atoms with Gasteiger partial charge in [0.1, 0.15) is 0 Å². The minimum Gasteiger partial charge on any atom is -0.493 e. The van der Waals surface area contributed by atoms with E-state index in [0.717, 1.165) is 29.7 Å². The molecule has 0 spiro atoms. The fourth-order valence-corrected chi connectivity index (χ4v) is 3.01. The molecule has 0 heterocycles. The second-order valence-electron chi connectivity index (χ2n) is 6.75. The summed E-state index contributed by atoms with van der Waals surface area (Å²) in [5, 5.41) is 3.00. The molecule has 5 nitrogen and oxygen atoms in total. The zero-order valence-corrected chi connectivity index (χ0v) is 16.7. The molecular formula is C22H30N2O3. The molecule has 0 aliphatic rings. The van der Waals surface area contributed by atoms with E-state index in [9.17, 15) is 4.79 Å². The number of carbonyl (C=O) groups is 1. The number of nitrogens with one attached hydrogen (secondary N) is 1. The summed E-state index contributed by atoms with van der Waals surface area (Å²) < 4.78 is 10.7. The summed E-state index contributed by atoms with van der Waals surface area (Å²) >= 11 is 0. The molecule has 0 aliphatic carbocycles. The molecule has 1 amide bonds. The quantitative estimate of drug-likeness (QED) is 0.653. The number of likely N-dealkylation sites (N-methyl/N-ethyl adjacent to an activating group) is 1. The lowest BCUT2D eigenvalue weighted by atomic mass is 10.1. The molecular weight excluding hydrogens is 340 g/mol. The molecule has 0 unspecified atom stereocenters. The third-order valence-corrected chi connectivity index (χ3v) is 4.50. The molecule has 0 fully saturated rings. The maximum absolute atomic E-state index is 12.2. The van der Waals surface area contributed by atoms with E-state index in [4.69, 9.17) is 9.47 Å². The van der Waals surface area contributed by atoms with Crippen molar-refractivity contribution in [2.75, 3.05) is 34.4 Å². The van der Waals surface area contributed by atoms with Crippen LogP contribution in [-0.4, -0.2) is 45.2 Å². The Morgan fingerprint density at radius 1 is 1.07 bits per heavy atom. The number of nitrogens with zero attached hydrogens (tertiary/aromatic N) is 1. The molecule has 27 heavy (non-hydrogen) atoms. The summed E-state index contributed by atoms with van der Waals surface area (Å²) in [6, 6.07) is 14.3. The minimum atomic E-state index is 0.0451. The van der Waals surface area contributed by atoms with Crippen molar-refractivity contribution >= 4 is 5.91 Å². The SMILES string of the molecule is COc1cc(C)c(CN(C)CC(=O)NCCCc2ccccc2)cc1OC. The maximum atomic E-state index is 12.2. The molecule has 0 aromatic heterocycles. The normalized spacial score (nSPS) is 10.7. The molecule has 0 saturated carbocycles. The number of benzene rings is 2. The van der Waals surface area contributed by atoms with Gasteiger partial charge in [-0.1, -0.05) is 30.3 Å². The highest BCUT2D eigenvalue weighted by atomic mass is 16.5. The van der Waals surface area contributed by atoms with E-state index < -0.39 is 0 Å². The summed E-state index contributed by atoms with van der Waals surface area (Å²) in [7, 11) is 5.20. The third kappa shape index (κ3) is 6.61. The molecule has 2 rings (SSSR count). The van der Waals surface area contributed by atoms with Gasteiger partial charge in [0.2, 0.25) is 5.91 Å². The Kier molecular flexibility index (Phi) is 8.14. The first-order valence-corrected chi connectivity index (χ1v) is 9.24. The van der Waals surface area contributed by atoms with Crippen LogP contribution in [0.4, 0.5) is 0 Å². The number of rotatable bonds is 10. The molecule has 0 saturated heterocycles. The maximum Gasteiger partial charge on any atom is 0.234 e. The van der Waals surface area contributed by atoms with Crippen LogP contribution < -0.4 is 14.8 Å². The van der Waals surface area contributed by atoms with E-state index >= 15 is 0 Å². The van der Waals surface area contributed by atoms with Crippen molar-refractivity contribution in [3.8, 4) is 11.5 Å². The van der Waals surface area contributed by atoms with Crippen molar-refractivity contribution in [2.45, 2.75) is 26.3 Å². The molecule has 1 N–H and O–H groups in total. The summed E-state index contributed by atoms with van der Waals surface area (Å²) in [5.74, 6) is 1.47. The van der Waals surface area contributed by atoms with Gasteiger partial charge in [-0.3, -0.25) is 9.69 Å². The van der Waals surface area contributed by atoms with Crippen molar-refractivity contribution in [3.63, 3.8) is 0 Å². The fourth-order valence-electron chi connectivity index (χ4n) is 3.01. The van der Waals surface area contributed by atoms with Gasteiger partial charge < -0.3 is 14.8 Å².